The lowest BCUT2D eigenvalue weighted by Gasteiger charge is -2.33. The van der Waals surface area contributed by atoms with E-state index in [2.05, 4.69) is 5.32 Å². The smallest absolute Gasteiger partial charge is 0.312 e. The van der Waals surface area contributed by atoms with E-state index in [1.165, 1.54) is 0 Å². The second-order valence-electron chi connectivity index (χ2n) is 7.35. The molecule has 2 heterocycles. The molecule has 0 aromatic heterocycles. The number of ether oxygens (including phenoxy) is 1. The average molecular weight is 394 g/mol. The number of carboxylic acids is 1. The monoisotopic (exact) mass is 394 g/mol. The standard InChI is InChI=1S/C22H22N2O5/c25-20(19-9-4-10-29-19)23-16-7-3-6-14(11-16)21(26)24-12-15-5-1-2-8-17(15)18(13-24)22(27)28/h1-3,5-8,11,18-19H,4,9-10,12-13H2,(H,23,25)(H,27,28). The number of fused-ring (bicyclic) bond motifs is 1. The van der Waals surface area contributed by atoms with Gasteiger partial charge in [0.1, 0.15) is 6.10 Å². The highest BCUT2D eigenvalue weighted by atomic mass is 16.5. The van der Waals surface area contributed by atoms with Crippen molar-refractivity contribution in [2.45, 2.75) is 31.4 Å². The summed E-state index contributed by atoms with van der Waals surface area (Å²) in [5, 5.41) is 12.4. The third-order valence-electron chi connectivity index (χ3n) is 5.38. The second kappa shape index (κ2) is 8.05. The molecule has 0 spiro atoms. The van der Waals surface area contributed by atoms with Crippen LogP contribution in [-0.2, 0) is 20.9 Å². The molecule has 1 fully saturated rings. The number of nitrogens with one attached hydrogen (secondary N) is 1. The van der Waals surface area contributed by atoms with Crippen LogP contribution < -0.4 is 5.32 Å². The van der Waals surface area contributed by atoms with E-state index in [-0.39, 0.29) is 18.4 Å². The Morgan fingerprint density at radius 2 is 1.93 bits per heavy atom. The number of rotatable bonds is 4. The Morgan fingerprint density at radius 1 is 1.10 bits per heavy atom. The zero-order valence-electron chi connectivity index (χ0n) is 15.8. The molecule has 2 atom stereocenters. The van der Waals surface area contributed by atoms with Crippen LogP contribution in [0.2, 0.25) is 0 Å². The van der Waals surface area contributed by atoms with Gasteiger partial charge in [-0.3, -0.25) is 14.4 Å². The van der Waals surface area contributed by atoms with Gasteiger partial charge in [-0.15, -0.1) is 0 Å². The fourth-order valence-electron chi connectivity index (χ4n) is 3.89. The largest absolute Gasteiger partial charge is 0.481 e. The van der Waals surface area contributed by atoms with Crippen LogP contribution in [0.15, 0.2) is 48.5 Å². The van der Waals surface area contributed by atoms with Crippen molar-refractivity contribution >= 4 is 23.5 Å². The fraction of sp³-hybridized carbons (Fsp3) is 0.318. The van der Waals surface area contributed by atoms with Crippen molar-refractivity contribution in [3.63, 3.8) is 0 Å². The first-order chi connectivity index (χ1) is 14.0. The molecular weight excluding hydrogens is 372 g/mol. The number of hydrogen-bond acceptors (Lipinski definition) is 4. The van der Waals surface area contributed by atoms with Crippen LogP contribution in [0.25, 0.3) is 0 Å². The van der Waals surface area contributed by atoms with Crippen LogP contribution in [0.4, 0.5) is 5.69 Å². The normalized spacial score (nSPS) is 20.8. The maximum atomic E-state index is 13.1. The van der Waals surface area contributed by atoms with Gasteiger partial charge in [-0.1, -0.05) is 30.3 Å². The minimum Gasteiger partial charge on any atom is -0.481 e. The minimum absolute atomic E-state index is 0.109. The van der Waals surface area contributed by atoms with Crippen molar-refractivity contribution in [3.05, 3.63) is 65.2 Å². The molecule has 2 amide bonds. The SMILES string of the molecule is O=C(Nc1cccc(C(=O)N2Cc3ccccc3C(C(=O)O)C2)c1)C1CCCO1. The Kier molecular flexibility index (Phi) is 5.31. The molecule has 2 aromatic carbocycles. The molecule has 1 saturated heterocycles. The van der Waals surface area contributed by atoms with Crippen molar-refractivity contribution in [2.24, 2.45) is 0 Å². The summed E-state index contributed by atoms with van der Waals surface area (Å²) >= 11 is 0. The summed E-state index contributed by atoms with van der Waals surface area (Å²) in [5.74, 6) is -2.19. The summed E-state index contributed by atoms with van der Waals surface area (Å²) in [5.41, 5.74) is 2.51. The maximum Gasteiger partial charge on any atom is 0.312 e. The minimum atomic E-state index is -0.951. The summed E-state index contributed by atoms with van der Waals surface area (Å²) in [4.78, 5) is 38.6. The van der Waals surface area contributed by atoms with Crippen molar-refractivity contribution in [2.75, 3.05) is 18.5 Å². The Hall–Kier alpha value is -3.19. The second-order valence-corrected chi connectivity index (χ2v) is 7.35. The predicted octanol–water partition coefficient (Wildman–Crippen LogP) is 2.63. The van der Waals surface area contributed by atoms with Crippen LogP contribution in [-0.4, -0.2) is 47.0 Å². The van der Waals surface area contributed by atoms with E-state index in [0.717, 1.165) is 17.5 Å². The van der Waals surface area contributed by atoms with Gasteiger partial charge in [0.25, 0.3) is 11.8 Å². The van der Waals surface area contributed by atoms with Gasteiger partial charge in [0, 0.05) is 30.9 Å². The van der Waals surface area contributed by atoms with Crippen LogP contribution in [0, 0.1) is 0 Å². The van der Waals surface area contributed by atoms with Crippen molar-refractivity contribution < 1.29 is 24.2 Å². The quantitative estimate of drug-likeness (QED) is 0.831. The highest BCUT2D eigenvalue weighted by Gasteiger charge is 2.33. The van der Waals surface area contributed by atoms with Gasteiger partial charge in [-0.05, 0) is 42.2 Å². The highest BCUT2D eigenvalue weighted by molar-refractivity contribution is 5.98. The predicted molar refractivity (Wildman–Crippen MR) is 106 cm³/mol. The number of anilines is 1. The van der Waals surface area contributed by atoms with Crippen LogP contribution in [0.3, 0.4) is 0 Å². The molecule has 0 aliphatic carbocycles. The number of benzene rings is 2. The Balaban J connectivity index is 1.52. The van der Waals surface area contributed by atoms with E-state index < -0.39 is 18.0 Å². The highest BCUT2D eigenvalue weighted by Crippen LogP contribution is 2.29. The lowest BCUT2D eigenvalue weighted by atomic mass is 9.89. The molecule has 29 heavy (non-hydrogen) atoms. The molecule has 2 aliphatic rings. The molecule has 0 bridgehead atoms. The van der Waals surface area contributed by atoms with Crippen molar-refractivity contribution in [3.8, 4) is 0 Å². The van der Waals surface area contributed by atoms with Gasteiger partial charge < -0.3 is 20.1 Å². The van der Waals surface area contributed by atoms with Gasteiger partial charge in [0.2, 0.25) is 0 Å². The molecule has 0 radical (unpaired) electrons. The first kappa shape index (κ1) is 19.1. The third-order valence-corrected chi connectivity index (χ3v) is 5.38. The van der Waals surface area contributed by atoms with Gasteiger partial charge in [0.15, 0.2) is 0 Å². The summed E-state index contributed by atoms with van der Waals surface area (Å²) in [6.45, 7) is 1.04. The number of aliphatic carboxylic acids is 1. The number of carboxylic acid groups (broad SMARTS) is 1. The van der Waals surface area contributed by atoms with Gasteiger partial charge in [-0.25, -0.2) is 0 Å². The maximum absolute atomic E-state index is 13.1. The third kappa shape index (κ3) is 4.00. The molecule has 4 rings (SSSR count). The topological polar surface area (TPSA) is 95.9 Å². The van der Waals surface area contributed by atoms with Crippen LogP contribution in [0.5, 0.6) is 0 Å². The molecule has 7 heteroatoms. The molecule has 7 nitrogen and oxygen atoms in total. The van der Waals surface area contributed by atoms with E-state index >= 15 is 0 Å². The fourth-order valence-corrected chi connectivity index (χ4v) is 3.89. The molecule has 2 unspecified atom stereocenters. The van der Waals surface area contributed by atoms with Crippen LogP contribution >= 0.6 is 0 Å². The number of hydrogen-bond donors (Lipinski definition) is 2. The van der Waals surface area contributed by atoms with Crippen molar-refractivity contribution in [1.29, 1.82) is 0 Å². The first-order valence-corrected chi connectivity index (χ1v) is 9.65. The van der Waals surface area contributed by atoms with E-state index in [9.17, 15) is 19.5 Å². The van der Waals surface area contributed by atoms with E-state index in [1.807, 2.05) is 18.2 Å². The summed E-state index contributed by atoms with van der Waals surface area (Å²) in [6, 6.07) is 14.0. The number of amides is 2. The summed E-state index contributed by atoms with van der Waals surface area (Å²) < 4.78 is 5.38. The summed E-state index contributed by atoms with van der Waals surface area (Å²) in [7, 11) is 0. The first-order valence-electron chi connectivity index (χ1n) is 9.65. The lowest BCUT2D eigenvalue weighted by Crippen LogP contribution is -2.40. The van der Waals surface area contributed by atoms with Gasteiger partial charge >= 0.3 is 5.97 Å². The number of carbonyl (C=O) groups excluding carboxylic acids is 2. The zero-order valence-corrected chi connectivity index (χ0v) is 15.8. The number of nitrogens with zero attached hydrogens (tertiary/aromatic N) is 1. The lowest BCUT2D eigenvalue weighted by molar-refractivity contribution is -0.139. The average Bonchev–Trinajstić information content (AvgIpc) is 3.27. The van der Waals surface area contributed by atoms with Gasteiger partial charge in [0.05, 0.1) is 5.92 Å². The van der Waals surface area contributed by atoms with E-state index in [0.29, 0.717) is 30.8 Å². The molecule has 0 saturated carbocycles. The Bertz CT molecular complexity index is 952. The molecule has 2 aromatic rings. The molecular formula is C22H22N2O5. The molecule has 2 aliphatic heterocycles. The van der Waals surface area contributed by atoms with E-state index in [1.54, 1.807) is 35.2 Å². The zero-order chi connectivity index (χ0) is 20.4. The summed E-state index contributed by atoms with van der Waals surface area (Å²) in [6.07, 6.45) is 1.09. The molecule has 150 valence electrons. The van der Waals surface area contributed by atoms with Crippen molar-refractivity contribution in [1.82, 2.24) is 4.90 Å². The number of carbonyl (C=O) groups is 3. The molecule has 2 N–H and O–H groups in total. The van der Waals surface area contributed by atoms with Crippen LogP contribution in [0.1, 0.15) is 40.2 Å². The van der Waals surface area contributed by atoms with E-state index in [4.69, 9.17) is 4.74 Å². The Morgan fingerprint density at radius 3 is 2.69 bits per heavy atom. The Labute approximate surface area is 168 Å². The van der Waals surface area contributed by atoms with Gasteiger partial charge in [-0.2, -0.15) is 0 Å².